The number of aromatic hydroxyl groups is 2. The summed E-state index contributed by atoms with van der Waals surface area (Å²) in [6.45, 7) is 4.62. The molecule has 0 radical (unpaired) electrons. The molecule has 0 atom stereocenters. The second-order valence-corrected chi connectivity index (χ2v) is 5.88. The molecule has 2 aromatic rings. The number of phenolic OH excluding ortho intramolecular Hbond substituents is 2. The van der Waals surface area contributed by atoms with Gasteiger partial charge in [0, 0.05) is 5.56 Å². The first-order valence-corrected chi connectivity index (χ1v) is 7.58. The van der Waals surface area contributed by atoms with Gasteiger partial charge in [0.15, 0.2) is 5.78 Å². The van der Waals surface area contributed by atoms with Crippen LogP contribution in [0.1, 0.15) is 36.7 Å². The van der Waals surface area contributed by atoms with Crippen molar-refractivity contribution in [2.45, 2.75) is 26.4 Å². The summed E-state index contributed by atoms with van der Waals surface area (Å²) in [5.41, 5.74) is -0.306. The highest BCUT2D eigenvalue weighted by atomic mass is 16.5. The van der Waals surface area contributed by atoms with Crippen LogP contribution in [0.15, 0.2) is 36.4 Å². The predicted molar refractivity (Wildman–Crippen MR) is 94.6 cm³/mol. The molecule has 0 heterocycles. The monoisotopic (exact) mass is 348 g/mol. The molecule has 0 spiro atoms. The van der Waals surface area contributed by atoms with Crippen LogP contribution in [-0.2, 0) is 5.60 Å². The molecular formula is C19H24O6. The van der Waals surface area contributed by atoms with Crippen LogP contribution in [0.4, 0.5) is 0 Å². The summed E-state index contributed by atoms with van der Waals surface area (Å²) < 4.78 is 9.88. The summed E-state index contributed by atoms with van der Waals surface area (Å²) in [5, 5.41) is 28.3. The molecule has 0 amide bonds. The van der Waals surface area contributed by atoms with E-state index in [1.54, 1.807) is 39.2 Å². The number of hydrogen-bond acceptors (Lipinski definition) is 6. The van der Waals surface area contributed by atoms with Crippen LogP contribution in [0.2, 0.25) is 0 Å². The molecule has 0 aliphatic heterocycles. The fourth-order valence-electron chi connectivity index (χ4n) is 2.06. The lowest BCUT2D eigenvalue weighted by atomic mass is 9.97. The molecular weight excluding hydrogens is 324 g/mol. The van der Waals surface area contributed by atoms with Crippen molar-refractivity contribution in [1.82, 2.24) is 0 Å². The zero-order valence-electron chi connectivity index (χ0n) is 15.0. The van der Waals surface area contributed by atoms with E-state index in [0.29, 0.717) is 17.1 Å². The molecule has 2 aromatic carbocycles. The molecule has 0 bridgehead atoms. The topological polar surface area (TPSA) is 96.2 Å². The Balaban J connectivity index is 0.000000251. The molecule has 25 heavy (non-hydrogen) atoms. The summed E-state index contributed by atoms with van der Waals surface area (Å²) in [6, 6.07) is 9.32. The second kappa shape index (κ2) is 8.39. The molecule has 0 aromatic heterocycles. The van der Waals surface area contributed by atoms with E-state index in [1.807, 2.05) is 0 Å². The maximum absolute atomic E-state index is 10.9. The van der Waals surface area contributed by atoms with E-state index in [1.165, 1.54) is 32.2 Å². The fourth-order valence-corrected chi connectivity index (χ4v) is 2.06. The van der Waals surface area contributed by atoms with Gasteiger partial charge in [0.2, 0.25) is 0 Å². The van der Waals surface area contributed by atoms with Gasteiger partial charge in [-0.15, -0.1) is 0 Å². The quantitative estimate of drug-likeness (QED) is 0.734. The zero-order valence-corrected chi connectivity index (χ0v) is 15.0. The van der Waals surface area contributed by atoms with Crippen molar-refractivity contribution < 1.29 is 29.6 Å². The van der Waals surface area contributed by atoms with E-state index in [9.17, 15) is 20.1 Å². The van der Waals surface area contributed by atoms with Gasteiger partial charge < -0.3 is 24.8 Å². The van der Waals surface area contributed by atoms with Gasteiger partial charge in [-0.2, -0.15) is 0 Å². The number of rotatable bonds is 4. The highest BCUT2D eigenvalue weighted by molar-refractivity contribution is 5.97. The molecule has 0 saturated heterocycles. The number of methoxy groups -OCH3 is 2. The number of carbonyl (C=O) groups is 1. The van der Waals surface area contributed by atoms with E-state index in [0.717, 1.165) is 0 Å². The SMILES string of the molecule is COc1ccc(O)c(C(C)(C)O)c1.COc1ccc(O)c(C(C)=O)c1. The average molecular weight is 348 g/mol. The molecule has 136 valence electrons. The van der Waals surface area contributed by atoms with Crippen LogP contribution in [-0.4, -0.2) is 35.3 Å². The smallest absolute Gasteiger partial charge is 0.163 e. The van der Waals surface area contributed by atoms with Gasteiger partial charge in [0.25, 0.3) is 0 Å². The Labute approximate surface area is 147 Å². The Kier molecular flexibility index (Phi) is 6.82. The van der Waals surface area contributed by atoms with Crippen LogP contribution in [0.5, 0.6) is 23.0 Å². The Bertz CT molecular complexity index is 731. The molecule has 2 rings (SSSR count). The lowest BCUT2D eigenvalue weighted by Gasteiger charge is -2.19. The molecule has 6 heteroatoms. The van der Waals surface area contributed by atoms with Crippen LogP contribution in [0.3, 0.4) is 0 Å². The van der Waals surface area contributed by atoms with Crippen molar-refractivity contribution >= 4 is 5.78 Å². The first-order valence-electron chi connectivity index (χ1n) is 7.58. The van der Waals surface area contributed by atoms with Crippen LogP contribution in [0.25, 0.3) is 0 Å². The van der Waals surface area contributed by atoms with E-state index in [-0.39, 0.29) is 22.8 Å². The highest BCUT2D eigenvalue weighted by Crippen LogP contribution is 2.31. The zero-order chi connectivity index (χ0) is 19.2. The number of carbonyl (C=O) groups excluding carboxylic acids is 1. The Morgan fingerprint density at radius 2 is 1.40 bits per heavy atom. The average Bonchev–Trinajstić information content (AvgIpc) is 2.55. The summed E-state index contributed by atoms with van der Waals surface area (Å²) in [4.78, 5) is 10.9. The minimum atomic E-state index is -1.06. The number of ketones is 1. The number of Topliss-reactive ketones (excluding diaryl/α,β-unsaturated/α-hetero) is 1. The highest BCUT2D eigenvalue weighted by Gasteiger charge is 2.20. The van der Waals surface area contributed by atoms with Crippen molar-refractivity contribution in [3.05, 3.63) is 47.5 Å². The first-order chi connectivity index (χ1) is 11.6. The number of phenols is 2. The first kappa shape index (κ1) is 20.3. The molecule has 0 unspecified atom stereocenters. The third-order valence-electron chi connectivity index (χ3n) is 3.45. The second-order valence-electron chi connectivity index (χ2n) is 5.88. The Hall–Kier alpha value is -2.73. The van der Waals surface area contributed by atoms with Crippen molar-refractivity contribution in [1.29, 1.82) is 0 Å². The van der Waals surface area contributed by atoms with Crippen LogP contribution in [0, 0.1) is 0 Å². The third kappa shape index (κ3) is 5.69. The summed E-state index contributed by atoms with van der Waals surface area (Å²) in [6.07, 6.45) is 0. The minimum Gasteiger partial charge on any atom is -0.508 e. The van der Waals surface area contributed by atoms with E-state index < -0.39 is 5.60 Å². The fraction of sp³-hybridized carbons (Fsp3) is 0.316. The van der Waals surface area contributed by atoms with E-state index in [2.05, 4.69) is 0 Å². The van der Waals surface area contributed by atoms with Crippen molar-refractivity contribution in [2.75, 3.05) is 14.2 Å². The number of ether oxygens (including phenoxy) is 2. The molecule has 0 saturated carbocycles. The number of benzene rings is 2. The molecule has 0 aliphatic rings. The lowest BCUT2D eigenvalue weighted by molar-refractivity contribution is 0.0755. The molecule has 3 N–H and O–H groups in total. The van der Waals surface area contributed by atoms with Gasteiger partial charge in [0.1, 0.15) is 23.0 Å². The Morgan fingerprint density at radius 1 is 0.920 bits per heavy atom. The third-order valence-corrected chi connectivity index (χ3v) is 3.45. The summed E-state index contributed by atoms with van der Waals surface area (Å²) >= 11 is 0. The van der Waals surface area contributed by atoms with E-state index in [4.69, 9.17) is 9.47 Å². The normalized spacial score (nSPS) is 10.5. The van der Waals surface area contributed by atoms with Gasteiger partial charge in [-0.3, -0.25) is 4.79 Å². The minimum absolute atomic E-state index is 0.0108. The Morgan fingerprint density at radius 3 is 1.84 bits per heavy atom. The molecule has 6 nitrogen and oxygen atoms in total. The van der Waals surface area contributed by atoms with Gasteiger partial charge in [-0.1, -0.05) is 0 Å². The summed E-state index contributed by atoms with van der Waals surface area (Å²) in [5.74, 6) is 1.08. The van der Waals surface area contributed by atoms with Crippen molar-refractivity contribution in [2.24, 2.45) is 0 Å². The standard InChI is InChI=1S/C10H14O3.C9H10O3/c1-10(2,12)8-6-7(13-3)4-5-9(8)11;1-6(10)8-5-7(12-2)3-4-9(8)11/h4-6,11-12H,1-3H3;3-5,11H,1-2H3. The van der Waals surface area contributed by atoms with Gasteiger partial charge in [0.05, 0.1) is 25.4 Å². The van der Waals surface area contributed by atoms with Gasteiger partial charge in [-0.05, 0) is 57.2 Å². The predicted octanol–water partition coefficient (Wildman–Crippen LogP) is 3.23. The molecule has 0 aliphatic carbocycles. The maximum atomic E-state index is 10.9. The number of hydrogen-bond donors (Lipinski definition) is 3. The largest absolute Gasteiger partial charge is 0.508 e. The van der Waals surface area contributed by atoms with Crippen molar-refractivity contribution in [3.63, 3.8) is 0 Å². The van der Waals surface area contributed by atoms with E-state index >= 15 is 0 Å². The molecule has 0 fully saturated rings. The van der Waals surface area contributed by atoms with Crippen LogP contribution < -0.4 is 9.47 Å². The van der Waals surface area contributed by atoms with Crippen molar-refractivity contribution in [3.8, 4) is 23.0 Å². The lowest BCUT2D eigenvalue weighted by Crippen LogP contribution is -2.15. The van der Waals surface area contributed by atoms with Gasteiger partial charge in [-0.25, -0.2) is 0 Å². The van der Waals surface area contributed by atoms with Crippen LogP contribution >= 0.6 is 0 Å². The summed E-state index contributed by atoms with van der Waals surface area (Å²) in [7, 11) is 3.05. The maximum Gasteiger partial charge on any atom is 0.163 e. The van der Waals surface area contributed by atoms with Gasteiger partial charge >= 0.3 is 0 Å². The number of aliphatic hydroxyl groups is 1.